The number of thioether (sulfide) groups is 1. The quantitative estimate of drug-likeness (QED) is 0.255. The van der Waals surface area contributed by atoms with Gasteiger partial charge in [-0.25, -0.2) is 4.98 Å². The Balaban J connectivity index is 1.54. The van der Waals surface area contributed by atoms with Crippen molar-refractivity contribution in [3.63, 3.8) is 0 Å². The molecular formula is C23H22Cl2N6S2. The van der Waals surface area contributed by atoms with E-state index < -0.39 is 0 Å². The first-order chi connectivity index (χ1) is 16.1. The van der Waals surface area contributed by atoms with E-state index in [0.717, 1.165) is 42.4 Å². The number of nitrogens with one attached hydrogen (secondary N) is 2. The van der Waals surface area contributed by atoms with Gasteiger partial charge in [0.25, 0.3) is 0 Å². The van der Waals surface area contributed by atoms with Crippen molar-refractivity contribution < 1.29 is 0 Å². The van der Waals surface area contributed by atoms with E-state index in [1.54, 1.807) is 23.9 Å². The summed E-state index contributed by atoms with van der Waals surface area (Å²) >= 11 is 15.9. The minimum absolute atomic E-state index is 0.536. The maximum absolute atomic E-state index is 6.35. The van der Waals surface area contributed by atoms with Crippen LogP contribution < -0.4 is 15.5 Å². The highest BCUT2D eigenvalue weighted by Gasteiger charge is 2.20. The highest BCUT2D eigenvalue weighted by atomic mass is 35.5. The molecule has 2 N–H and O–H groups in total. The Labute approximate surface area is 210 Å². The smallest absolute Gasteiger partial charge is 0.228 e. The topological polar surface area (TPSA) is 66.0 Å². The van der Waals surface area contributed by atoms with Crippen molar-refractivity contribution >= 4 is 84.9 Å². The SMILES string of the molecule is CSc1ccc(Nc2nc(N3CCCCC3)nc3sc(Nc4c(Cl)cccc4Cl)nc23)cc1. The van der Waals surface area contributed by atoms with Crippen molar-refractivity contribution in [1.29, 1.82) is 0 Å². The molecule has 1 aliphatic rings. The van der Waals surface area contributed by atoms with Gasteiger partial charge in [-0.1, -0.05) is 40.6 Å². The van der Waals surface area contributed by atoms with E-state index in [4.69, 9.17) is 38.2 Å². The lowest BCUT2D eigenvalue weighted by atomic mass is 10.1. The average molecular weight is 518 g/mol. The Kier molecular flexibility index (Phi) is 6.78. The lowest BCUT2D eigenvalue weighted by Gasteiger charge is -2.26. The van der Waals surface area contributed by atoms with Gasteiger partial charge in [-0.3, -0.25) is 0 Å². The molecule has 1 aliphatic heterocycles. The van der Waals surface area contributed by atoms with Gasteiger partial charge in [-0.2, -0.15) is 9.97 Å². The second-order valence-corrected chi connectivity index (χ2v) is 10.3. The zero-order valence-electron chi connectivity index (χ0n) is 17.9. The summed E-state index contributed by atoms with van der Waals surface area (Å²) in [5.41, 5.74) is 2.29. The van der Waals surface area contributed by atoms with Crippen LogP contribution in [0.4, 0.5) is 28.3 Å². The van der Waals surface area contributed by atoms with Crippen LogP contribution in [0.3, 0.4) is 0 Å². The molecule has 2 aromatic carbocycles. The second kappa shape index (κ2) is 9.93. The van der Waals surface area contributed by atoms with Gasteiger partial charge in [0, 0.05) is 23.7 Å². The summed E-state index contributed by atoms with van der Waals surface area (Å²) in [5, 5.41) is 8.45. The molecule has 3 heterocycles. The summed E-state index contributed by atoms with van der Waals surface area (Å²) < 4.78 is 0. The maximum atomic E-state index is 6.35. The average Bonchev–Trinajstić information content (AvgIpc) is 3.25. The molecule has 0 spiro atoms. The molecule has 1 fully saturated rings. The van der Waals surface area contributed by atoms with E-state index in [2.05, 4.69) is 46.1 Å². The van der Waals surface area contributed by atoms with Crippen molar-refractivity contribution in [2.24, 2.45) is 0 Å². The van der Waals surface area contributed by atoms with Gasteiger partial charge in [0.15, 0.2) is 15.8 Å². The first-order valence-electron chi connectivity index (χ1n) is 10.7. The fourth-order valence-corrected chi connectivity index (χ4v) is 5.46. The third-order valence-corrected chi connectivity index (χ3v) is 7.67. The number of para-hydroxylation sites is 1. The molecule has 1 saturated heterocycles. The number of piperidine rings is 1. The number of nitrogens with zero attached hydrogens (tertiary/aromatic N) is 4. The van der Waals surface area contributed by atoms with E-state index in [1.807, 2.05) is 6.07 Å². The Morgan fingerprint density at radius 1 is 0.909 bits per heavy atom. The molecule has 10 heteroatoms. The van der Waals surface area contributed by atoms with Crippen LogP contribution in [0.1, 0.15) is 19.3 Å². The van der Waals surface area contributed by atoms with Crippen LogP contribution in [-0.2, 0) is 0 Å². The molecule has 0 radical (unpaired) electrons. The van der Waals surface area contributed by atoms with E-state index in [9.17, 15) is 0 Å². The normalized spacial score (nSPS) is 14.0. The van der Waals surface area contributed by atoms with Crippen LogP contribution in [-0.4, -0.2) is 34.3 Å². The van der Waals surface area contributed by atoms with Crippen LogP contribution in [0.2, 0.25) is 10.0 Å². The first-order valence-corrected chi connectivity index (χ1v) is 13.5. The van der Waals surface area contributed by atoms with Crippen LogP contribution in [0.15, 0.2) is 47.4 Å². The molecule has 2 aromatic heterocycles. The van der Waals surface area contributed by atoms with Gasteiger partial charge in [-0.15, -0.1) is 11.8 Å². The molecule has 0 bridgehead atoms. The van der Waals surface area contributed by atoms with Crippen LogP contribution >= 0.6 is 46.3 Å². The third kappa shape index (κ3) is 4.99. The zero-order chi connectivity index (χ0) is 22.8. The number of hydrogen-bond donors (Lipinski definition) is 2. The summed E-state index contributed by atoms with van der Waals surface area (Å²) in [6, 6.07) is 13.7. The van der Waals surface area contributed by atoms with E-state index >= 15 is 0 Å². The zero-order valence-corrected chi connectivity index (χ0v) is 21.1. The van der Waals surface area contributed by atoms with Gasteiger partial charge < -0.3 is 15.5 Å². The number of aromatic nitrogens is 3. The summed E-state index contributed by atoms with van der Waals surface area (Å²) in [7, 11) is 0. The number of benzene rings is 2. The molecular weight excluding hydrogens is 495 g/mol. The van der Waals surface area contributed by atoms with Crippen molar-refractivity contribution in [2.45, 2.75) is 24.2 Å². The molecule has 0 amide bonds. The standard InChI is InChI=1S/C23H22Cl2N6S2/c1-32-15-10-8-14(9-11-15)26-20-19-21(30-22(29-20)31-12-3-2-4-13-31)33-23(28-19)27-18-16(24)6-5-7-17(18)25/h5-11H,2-4,12-13H2,1H3,(H,27,28)(H,26,29,30). The van der Waals surface area contributed by atoms with Gasteiger partial charge in [0.1, 0.15) is 5.52 Å². The lowest BCUT2D eigenvalue weighted by Crippen LogP contribution is -2.31. The number of halogens is 2. The minimum Gasteiger partial charge on any atom is -0.341 e. The summed E-state index contributed by atoms with van der Waals surface area (Å²) in [4.78, 5) is 18.8. The molecule has 6 nitrogen and oxygen atoms in total. The number of fused-ring (bicyclic) bond motifs is 1. The van der Waals surface area contributed by atoms with Gasteiger partial charge >= 0.3 is 0 Å². The largest absolute Gasteiger partial charge is 0.341 e. The predicted octanol–water partition coefficient (Wildman–Crippen LogP) is 7.59. The number of rotatable bonds is 6. The monoisotopic (exact) mass is 516 g/mol. The van der Waals surface area contributed by atoms with Crippen molar-refractivity contribution in [2.75, 3.05) is 34.9 Å². The van der Waals surface area contributed by atoms with Gasteiger partial charge in [0.2, 0.25) is 5.95 Å². The van der Waals surface area contributed by atoms with E-state index in [-0.39, 0.29) is 0 Å². The summed E-state index contributed by atoms with van der Waals surface area (Å²) in [6.07, 6.45) is 5.62. The predicted molar refractivity (Wildman–Crippen MR) is 143 cm³/mol. The molecule has 0 unspecified atom stereocenters. The Morgan fingerprint density at radius 2 is 1.64 bits per heavy atom. The lowest BCUT2D eigenvalue weighted by molar-refractivity contribution is 0.569. The van der Waals surface area contributed by atoms with Gasteiger partial charge in [-0.05, 0) is 61.9 Å². The third-order valence-electron chi connectivity index (χ3n) is 5.43. The number of hydrogen-bond acceptors (Lipinski definition) is 8. The van der Waals surface area contributed by atoms with Crippen molar-refractivity contribution in [3.05, 3.63) is 52.5 Å². The molecule has 0 atom stereocenters. The van der Waals surface area contributed by atoms with Crippen LogP contribution in [0.5, 0.6) is 0 Å². The van der Waals surface area contributed by atoms with Crippen molar-refractivity contribution in [3.8, 4) is 0 Å². The molecule has 33 heavy (non-hydrogen) atoms. The van der Waals surface area contributed by atoms with E-state index in [0.29, 0.717) is 32.2 Å². The number of anilines is 5. The van der Waals surface area contributed by atoms with Crippen LogP contribution in [0, 0.1) is 0 Å². The second-order valence-electron chi connectivity index (χ2n) is 7.67. The molecule has 5 rings (SSSR count). The van der Waals surface area contributed by atoms with Crippen molar-refractivity contribution in [1.82, 2.24) is 15.0 Å². The molecule has 170 valence electrons. The highest BCUT2D eigenvalue weighted by Crippen LogP contribution is 2.37. The Hall–Kier alpha value is -2.26. The Morgan fingerprint density at radius 3 is 2.33 bits per heavy atom. The highest BCUT2D eigenvalue weighted by molar-refractivity contribution is 7.98. The van der Waals surface area contributed by atoms with Gasteiger partial charge in [0.05, 0.1) is 15.7 Å². The minimum atomic E-state index is 0.536. The van der Waals surface area contributed by atoms with Crippen LogP contribution in [0.25, 0.3) is 10.3 Å². The molecule has 0 saturated carbocycles. The number of thiazole rings is 1. The fraction of sp³-hybridized carbons (Fsp3) is 0.261. The fourth-order valence-electron chi connectivity index (χ4n) is 3.72. The Bertz CT molecular complexity index is 1250. The molecule has 0 aliphatic carbocycles. The first kappa shape index (κ1) is 22.5. The summed E-state index contributed by atoms with van der Waals surface area (Å²) in [5.74, 6) is 1.42. The van der Waals surface area contributed by atoms with E-state index in [1.165, 1.54) is 22.7 Å². The summed E-state index contributed by atoms with van der Waals surface area (Å²) in [6.45, 7) is 1.93. The maximum Gasteiger partial charge on any atom is 0.228 e. The molecule has 4 aromatic rings.